The number of hydrogen-bond donors (Lipinski definition) is 1. The molecule has 0 amide bonds. The maximum Gasteiger partial charge on any atom is 0.180 e. The third-order valence-electron chi connectivity index (χ3n) is 8.63. The SMILES string of the molecule is C[C@]12CCCC[C@@H]1CC[C@H]1[C@H]2CC[C@]2(C)c3nc(N)sc3C[C@H]12. The van der Waals surface area contributed by atoms with Gasteiger partial charge in [-0.3, -0.25) is 0 Å². The van der Waals surface area contributed by atoms with Crippen LogP contribution in [0.1, 0.15) is 75.8 Å². The van der Waals surface area contributed by atoms with Gasteiger partial charge in [-0.2, -0.15) is 0 Å². The molecule has 1 aromatic rings. The normalized spacial score (nSPS) is 48.3. The van der Waals surface area contributed by atoms with Crippen LogP contribution < -0.4 is 5.73 Å². The number of nitrogens with zero attached hydrogens (tertiary/aromatic N) is 1. The van der Waals surface area contributed by atoms with Crippen LogP contribution in [0.5, 0.6) is 0 Å². The Morgan fingerprint density at radius 1 is 1.04 bits per heavy atom. The molecule has 0 aromatic carbocycles. The van der Waals surface area contributed by atoms with Gasteiger partial charge in [0.05, 0.1) is 5.69 Å². The Labute approximate surface area is 144 Å². The number of nitrogens with two attached hydrogens (primary N) is 1. The Morgan fingerprint density at radius 3 is 2.78 bits per heavy atom. The standard InChI is InChI=1S/C20H30N2S/c1-19-9-4-3-5-12(19)6-7-13-14(19)8-10-20(2)15(13)11-16-17(20)22-18(21)23-16/h12-15H,3-11H2,1-2H3,(H2,21,22)/t12-,13+,14-,15-,19+,20+/m1/s1. The van der Waals surface area contributed by atoms with E-state index < -0.39 is 0 Å². The molecule has 1 aromatic heterocycles. The summed E-state index contributed by atoms with van der Waals surface area (Å²) in [6, 6.07) is 0. The summed E-state index contributed by atoms with van der Waals surface area (Å²) in [5.41, 5.74) is 8.37. The molecular formula is C20H30N2S. The van der Waals surface area contributed by atoms with Crippen LogP contribution in [0, 0.1) is 29.1 Å². The summed E-state index contributed by atoms with van der Waals surface area (Å²) in [7, 11) is 0. The lowest BCUT2D eigenvalue weighted by Crippen LogP contribution is -2.53. The second kappa shape index (κ2) is 4.74. The van der Waals surface area contributed by atoms with Gasteiger partial charge in [0.1, 0.15) is 0 Å². The summed E-state index contributed by atoms with van der Waals surface area (Å²) in [6.07, 6.45) is 13.0. The lowest BCUT2D eigenvalue weighted by atomic mass is 9.45. The molecular weight excluding hydrogens is 300 g/mol. The van der Waals surface area contributed by atoms with Crippen LogP contribution in [-0.2, 0) is 11.8 Å². The van der Waals surface area contributed by atoms with Gasteiger partial charge in [0.15, 0.2) is 5.13 Å². The highest BCUT2D eigenvalue weighted by molar-refractivity contribution is 7.15. The maximum absolute atomic E-state index is 6.02. The highest BCUT2D eigenvalue weighted by Crippen LogP contribution is 2.65. The Morgan fingerprint density at radius 2 is 1.91 bits per heavy atom. The molecule has 0 bridgehead atoms. The third-order valence-corrected chi connectivity index (χ3v) is 9.54. The fourth-order valence-electron chi connectivity index (χ4n) is 7.44. The van der Waals surface area contributed by atoms with Crippen molar-refractivity contribution in [2.24, 2.45) is 29.1 Å². The fraction of sp³-hybridized carbons (Fsp3) is 0.850. The van der Waals surface area contributed by atoms with Gasteiger partial charge in [0, 0.05) is 10.3 Å². The smallest absolute Gasteiger partial charge is 0.180 e. The highest BCUT2D eigenvalue weighted by Gasteiger charge is 2.59. The summed E-state index contributed by atoms with van der Waals surface area (Å²) < 4.78 is 0. The molecule has 1 heterocycles. The van der Waals surface area contributed by atoms with Crippen LogP contribution in [0.15, 0.2) is 0 Å². The van der Waals surface area contributed by atoms with E-state index in [1.807, 2.05) is 0 Å². The Hall–Kier alpha value is -0.570. The number of aromatic nitrogens is 1. The van der Waals surface area contributed by atoms with E-state index in [-0.39, 0.29) is 0 Å². The van der Waals surface area contributed by atoms with Crippen LogP contribution >= 0.6 is 11.3 Å². The molecule has 0 unspecified atom stereocenters. The van der Waals surface area contributed by atoms with Crippen molar-refractivity contribution in [2.45, 2.75) is 77.0 Å². The maximum atomic E-state index is 6.02. The number of anilines is 1. The zero-order chi connectivity index (χ0) is 15.8. The zero-order valence-corrected chi connectivity index (χ0v) is 15.4. The van der Waals surface area contributed by atoms with Gasteiger partial charge in [-0.25, -0.2) is 4.98 Å². The number of nitrogen functional groups attached to an aromatic ring is 1. The predicted octanol–water partition coefficient (Wildman–Crippen LogP) is 5.17. The quantitative estimate of drug-likeness (QED) is 0.712. The van der Waals surface area contributed by atoms with E-state index in [4.69, 9.17) is 10.7 Å². The molecule has 0 aliphatic heterocycles. The first-order valence-corrected chi connectivity index (χ1v) is 10.6. The molecule has 3 heteroatoms. The van der Waals surface area contributed by atoms with Gasteiger partial charge in [0.25, 0.3) is 0 Å². The number of hydrogen-bond acceptors (Lipinski definition) is 3. The van der Waals surface area contributed by atoms with Gasteiger partial charge in [-0.1, -0.05) is 26.7 Å². The van der Waals surface area contributed by atoms with E-state index in [2.05, 4.69) is 13.8 Å². The summed E-state index contributed by atoms with van der Waals surface area (Å²) >= 11 is 1.77. The first-order chi connectivity index (χ1) is 11.0. The van der Waals surface area contributed by atoms with Crippen molar-refractivity contribution in [1.82, 2.24) is 4.98 Å². The van der Waals surface area contributed by atoms with Crippen LogP contribution in [0.4, 0.5) is 5.13 Å². The molecule has 5 rings (SSSR count). The van der Waals surface area contributed by atoms with E-state index in [9.17, 15) is 0 Å². The molecule has 23 heavy (non-hydrogen) atoms. The van der Waals surface area contributed by atoms with Crippen molar-refractivity contribution in [3.8, 4) is 0 Å². The summed E-state index contributed by atoms with van der Waals surface area (Å²) in [6.45, 7) is 5.17. The number of fused-ring (bicyclic) bond motifs is 7. The van der Waals surface area contributed by atoms with Crippen molar-refractivity contribution in [3.05, 3.63) is 10.6 Å². The molecule has 4 aliphatic rings. The molecule has 0 radical (unpaired) electrons. The van der Waals surface area contributed by atoms with Crippen molar-refractivity contribution in [3.63, 3.8) is 0 Å². The van der Waals surface area contributed by atoms with Crippen LogP contribution in [0.3, 0.4) is 0 Å². The summed E-state index contributed by atoms with van der Waals surface area (Å²) in [5, 5.41) is 0.791. The van der Waals surface area contributed by atoms with Crippen molar-refractivity contribution < 1.29 is 0 Å². The van der Waals surface area contributed by atoms with Gasteiger partial charge in [-0.05, 0) is 74.0 Å². The molecule has 2 N–H and O–H groups in total. The van der Waals surface area contributed by atoms with E-state index in [1.54, 1.807) is 11.3 Å². The molecule has 0 spiro atoms. The first-order valence-electron chi connectivity index (χ1n) is 9.78. The van der Waals surface area contributed by atoms with Gasteiger partial charge < -0.3 is 5.73 Å². The minimum absolute atomic E-state index is 0.322. The molecule has 3 fully saturated rings. The fourth-order valence-corrected chi connectivity index (χ4v) is 8.47. The monoisotopic (exact) mass is 330 g/mol. The average Bonchev–Trinajstić information content (AvgIpc) is 3.02. The van der Waals surface area contributed by atoms with Crippen molar-refractivity contribution >= 4 is 16.5 Å². The molecule has 0 saturated heterocycles. The van der Waals surface area contributed by atoms with Crippen LogP contribution in [-0.4, -0.2) is 4.98 Å². The lowest BCUT2D eigenvalue weighted by Gasteiger charge is -2.59. The van der Waals surface area contributed by atoms with Gasteiger partial charge >= 0.3 is 0 Å². The van der Waals surface area contributed by atoms with E-state index in [1.165, 1.54) is 68.4 Å². The lowest BCUT2D eigenvalue weighted by molar-refractivity contribution is -0.0907. The zero-order valence-electron chi connectivity index (χ0n) is 14.6. The minimum atomic E-state index is 0.322. The predicted molar refractivity (Wildman–Crippen MR) is 96.6 cm³/mol. The largest absolute Gasteiger partial charge is 0.375 e. The Bertz CT molecular complexity index is 638. The van der Waals surface area contributed by atoms with Gasteiger partial charge in [0.2, 0.25) is 0 Å². The summed E-state index contributed by atoms with van der Waals surface area (Å²) in [5.74, 6) is 3.78. The second-order valence-electron chi connectivity index (χ2n) is 9.39. The van der Waals surface area contributed by atoms with Crippen molar-refractivity contribution in [1.29, 1.82) is 0 Å². The van der Waals surface area contributed by atoms with Crippen LogP contribution in [0.25, 0.3) is 0 Å². The number of thiazole rings is 1. The topological polar surface area (TPSA) is 38.9 Å². The molecule has 2 nitrogen and oxygen atoms in total. The average molecular weight is 331 g/mol. The molecule has 6 atom stereocenters. The first kappa shape index (κ1) is 14.7. The van der Waals surface area contributed by atoms with E-state index in [0.717, 1.165) is 28.8 Å². The molecule has 3 saturated carbocycles. The van der Waals surface area contributed by atoms with E-state index in [0.29, 0.717) is 10.8 Å². The highest BCUT2D eigenvalue weighted by atomic mass is 32.1. The summed E-state index contributed by atoms with van der Waals surface area (Å²) in [4.78, 5) is 6.30. The minimum Gasteiger partial charge on any atom is -0.375 e. The second-order valence-corrected chi connectivity index (χ2v) is 10.5. The number of rotatable bonds is 0. The van der Waals surface area contributed by atoms with E-state index >= 15 is 0 Å². The Kier molecular flexibility index (Phi) is 3.04. The molecule has 126 valence electrons. The van der Waals surface area contributed by atoms with Crippen molar-refractivity contribution in [2.75, 3.05) is 5.73 Å². The third kappa shape index (κ3) is 1.83. The van der Waals surface area contributed by atoms with Crippen LogP contribution in [0.2, 0.25) is 0 Å². The Balaban J connectivity index is 1.51. The van der Waals surface area contributed by atoms with Gasteiger partial charge in [-0.15, -0.1) is 11.3 Å². The molecule has 4 aliphatic carbocycles.